The van der Waals surface area contributed by atoms with Crippen LogP contribution >= 0.6 is 23.2 Å². The minimum atomic E-state index is -0.667. The summed E-state index contributed by atoms with van der Waals surface area (Å²) >= 11 is 11.9. The molecule has 18 heavy (non-hydrogen) atoms. The normalized spacial score (nSPS) is 23.9. The van der Waals surface area contributed by atoms with Gasteiger partial charge in [0, 0.05) is 0 Å². The molecule has 4 heteroatoms. The van der Waals surface area contributed by atoms with Crippen LogP contribution in [-0.2, 0) is 11.2 Å². The third kappa shape index (κ3) is 3.18. The van der Waals surface area contributed by atoms with Crippen LogP contribution in [0.5, 0.6) is 0 Å². The summed E-state index contributed by atoms with van der Waals surface area (Å²) in [5.41, 5.74) is 1.07. The molecule has 2 unspecified atom stereocenters. The molecular formula is C14H16Cl2O2. The number of carboxylic acids is 1. The van der Waals surface area contributed by atoms with Gasteiger partial charge in [-0.3, -0.25) is 4.79 Å². The standard InChI is InChI=1S/C14H16Cl2O2/c15-12-6-5-9(8-13(12)16)7-10-3-1-2-4-11(10)14(17)18/h5-6,8,10-11H,1-4,7H2,(H,17,18). The number of rotatable bonds is 3. The average Bonchev–Trinajstić information content (AvgIpc) is 2.34. The van der Waals surface area contributed by atoms with E-state index in [1.165, 1.54) is 0 Å². The fourth-order valence-electron chi connectivity index (χ4n) is 2.75. The molecule has 1 N–H and O–H groups in total. The van der Waals surface area contributed by atoms with Crippen LogP contribution in [0.2, 0.25) is 10.0 Å². The van der Waals surface area contributed by atoms with Crippen LogP contribution < -0.4 is 0 Å². The predicted octanol–water partition coefficient (Wildman–Crippen LogP) is 4.43. The zero-order chi connectivity index (χ0) is 13.1. The maximum Gasteiger partial charge on any atom is 0.306 e. The highest BCUT2D eigenvalue weighted by Crippen LogP contribution is 2.34. The fourth-order valence-corrected chi connectivity index (χ4v) is 3.07. The van der Waals surface area contributed by atoms with Gasteiger partial charge in [-0.15, -0.1) is 0 Å². The van der Waals surface area contributed by atoms with Crippen molar-refractivity contribution >= 4 is 29.2 Å². The summed E-state index contributed by atoms with van der Waals surface area (Å²) in [6.45, 7) is 0. The van der Waals surface area contributed by atoms with Gasteiger partial charge in [-0.2, -0.15) is 0 Å². The summed E-state index contributed by atoms with van der Waals surface area (Å²) in [5.74, 6) is -0.665. The van der Waals surface area contributed by atoms with E-state index in [2.05, 4.69) is 0 Å². The summed E-state index contributed by atoms with van der Waals surface area (Å²) in [6.07, 6.45) is 4.69. The molecule has 1 saturated carbocycles. The monoisotopic (exact) mass is 286 g/mol. The summed E-state index contributed by atoms with van der Waals surface area (Å²) < 4.78 is 0. The van der Waals surface area contributed by atoms with Crippen molar-refractivity contribution in [3.05, 3.63) is 33.8 Å². The molecule has 0 aliphatic heterocycles. The smallest absolute Gasteiger partial charge is 0.306 e. The number of hydrogen-bond acceptors (Lipinski definition) is 1. The molecule has 0 radical (unpaired) electrons. The molecule has 1 aromatic carbocycles. The summed E-state index contributed by atoms with van der Waals surface area (Å²) in [7, 11) is 0. The molecule has 0 saturated heterocycles. The minimum Gasteiger partial charge on any atom is -0.481 e. The largest absolute Gasteiger partial charge is 0.481 e. The lowest BCUT2D eigenvalue weighted by Crippen LogP contribution is -2.28. The molecule has 0 spiro atoms. The molecule has 1 fully saturated rings. The van der Waals surface area contributed by atoms with Crippen LogP contribution in [0.3, 0.4) is 0 Å². The Labute approximate surface area is 117 Å². The number of halogens is 2. The second kappa shape index (κ2) is 5.94. The summed E-state index contributed by atoms with van der Waals surface area (Å²) in [5, 5.41) is 10.3. The maximum absolute atomic E-state index is 11.2. The lowest BCUT2D eigenvalue weighted by atomic mass is 9.76. The first-order chi connectivity index (χ1) is 8.58. The van der Waals surface area contributed by atoms with Crippen molar-refractivity contribution in [2.75, 3.05) is 0 Å². The Morgan fingerprint density at radius 2 is 1.94 bits per heavy atom. The van der Waals surface area contributed by atoms with Crippen molar-refractivity contribution in [2.45, 2.75) is 32.1 Å². The van der Waals surface area contributed by atoms with Gasteiger partial charge in [0.1, 0.15) is 0 Å². The van der Waals surface area contributed by atoms with E-state index in [-0.39, 0.29) is 11.8 Å². The van der Waals surface area contributed by atoms with Crippen LogP contribution in [0.1, 0.15) is 31.2 Å². The first-order valence-corrected chi connectivity index (χ1v) is 7.00. The third-order valence-electron chi connectivity index (χ3n) is 3.71. The second-order valence-electron chi connectivity index (χ2n) is 4.94. The molecule has 0 amide bonds. The molecule has 1 aromatic rings. The van der Waals surface area contributed by atoms with Gasteiger partial charge in [0.15, 0.2) is 0 Å². The molecule has 2 atom stereocenters. The van der Waals surface area contributed by atoms with Gasteiger partial charge in [0.25, 0.3) is 0 Å². The van der Waals surface area contributed by atoms with Crippen molar-refractivity contribution in [1.29, 1.82) is 0 Å². The molecule has 0 aromatic heterocycles. The Balaban J connectivity index is 2.10. The Bertz CT molecular complexity index is 445. The third-order valence-corrected chi connectivity index (χ3v) is 4.45. The SMILES string of the molecule is O=C(O)C1CCCCC1Cc1ccc(Cl)c(Cl)c1. The quantitative estimate of drug-likeness (QED) is 0.893. The van der Waals surface area contributed by atoms with Crippen LogP contribution in [0, 0.1) is 11.8 Å². The number of hydrogen-bond donors (Lipinski definition) is 1. The molecule has 1 aliphatic rings. The van der Waals surface area contributed by atoms with Crippen LogP contribution in [-0.4, -0.2) is 11.1 Å². The van der Waals surface area contributed by atoms with E-state index >= 15 is 0 Å². The van der Waals surface area contributed by atoms with Gasteiger partial charge in [-0.25, -0.2) is 0 Å². The van der Waals surface area contributed by atoms with Crippen molar-refractivity contribution < 1.29 is 9.90 Å². The highest BCUT2D eigenvalue weighted by molar-refractivity contribution is 6.42. The van der Waals surface area contributed by atoms with Crippen LogP contribution in [0.25, 0.3) is 0 Å². The van der Waals surface area contributed by atoms with Crippen molar-refractivity contribution in [3.8, 4) is 0 Å². The Morgan fingerprint density at radius 1 is 1.22 bits per heavy atom. The summed E-state index contributed by atoms with van der Waals surface area (Å²) in [4.78, 5) is 11.2. The molecule has 2 nitrogen and oxygen atoms in total. The van der Waals surface area contributed by atoms with Gasteiger partial charge in [-0.1, -0.05) is 42.1 Å². The summed E-state index contributed by atoms with van der Waals surface area (Å²) in [6, 6.07) is 5.55. The van der Waals surface area contributed by atoms with Gasteiger partial charge >= 0.3 is 5.97 Å². The first kappa shape index (κ1) is 13.7. The minimum absolute atomic E-state index is 0.215. The van der Waals surface area contributed by atoms with E-state index in [1.807, 2.05) is 12.1 Å². The Morgan fingerprint density at radius 3 is 2.61 bits per heavy atom. The maximum atomic E-state index is 11.2. The Kier molecular flexibility index (Phi) is 4.52. The van der Waals surface area contributed by atoms with Crippen molar-refractivity contribution in [3.63, 3.8) is 0 Å². The van der Waals surface area contributed by atoms with E-state index in [0.29, 0.717) is 10.0 Å². The number of benzene rings is 1. The zero-order valence-electron chi connectivity index (χ0n) is 10.0. The van der Waals surface area contributed by atoms with Crippen molar-refractivity contribution in [1.82, 2.24) is 0 Å². The van der Waals surface area contributed by atoms with Crippen LogP contribution in [0.4, 0.5) is 0 Å². The second-order valence-corrected chi connectivity index (χ2v) is 5.76. The first-order valence-electron chi connectivity index (χ1n) is 6.24. The van der Waals surface area contributed by atoms with Gasteiger partial charge < -0.3 is 5.11 Å². The van der Waals surface area contributed by atoms with E-state index in [4.69, 9.17) is 23.2 Å². The number of carboxylic acid groups (broad SMARTS) is 1. The number of aliphatic carboxylic acids is 1. The Hall–Kier alpha value is -0.730. The molecule has 0 bridgehead atoms. The topological polar surface area (TPSA) is 37.3 Å². The number of carbonyl (C=O) groups is 1. The van der Waals surface area contributed by atoms with E-state index in [9.17, 15) is 9.90 Å². The highest BCUT2D eigenvalue weighted by atomic mass is 35.5. The van der Waals surface area contributed by atoms with Crippen LogP contribution in [0.15, 0.2) is 18.2 Å². The van der Waals surface area contributed by atoms with Crippen molar-refractivity contribution in [2.24, 2.45) is 11.8 Å². The molecular weight excluding hydrogens is 271 g/mol. The molecule has 0 heterocycles. The lowest BCUT2D eigenvalue weighted by molar-refractivity contribution is -0.144. The molecule has 2 rings (SSSR count). The average molecular weight is 287 g/mol. The molecule has 1 aliphatic carbocycles. The lowest BCUT2D eigenvalue weighted by Gasteiger charge is -2.28. The zero-order valence-corrected chi connectivity index (χ0v) is 11.5. The van der Waals surface area contributed by atoms with E-state index in [0.717, 1.165) is 37.7 Å². The van der Waals surface area contributed by atoms with Gasteiger partial charge in [-0.05, 0) is 42.9 Å². The molecule has 98 valence electrons. The van der Waals surface area contributed by atoms with E-state index < -0.39 is 5.97 Å². The predicted molar refractivity (Wildman–Crippen MR) is 73.2 cm³/mol. The van der Waals surface area contributed by atoms with Gasteiger partial charge in [0.2, 0.25) is 0 Å². The van der Waals surface area contributed by atoms with E-state index in [1.54, 1.807) is 6.07 Å². The highest BCUT2D eigenvalue weighted by Gasteiger charge is 2.30. The van der Waals surface area contributed by atoms with Gasteiger partial charge in [0.05, 0.1) is 16.0 Å². The fraction of sp³-hybridized carbons (Fsp3) is 0.500.